The second kappa shape index (κ2) is 5.71. The summed E-state index contributed by atoms with van der Waals surface area (Å²) in [6.45, 7) is 3.72. The molecule has 1 heterocycles. The molecule has 20 heavy (non-hydrogen) atoms. The van der Waals surface area contributed by atoms with Crippen LogP contribution in [-0.2, 0) is 6.42 Å². The lowest BCUT2D eigenvalue weighted by Crippen LogP contribution is -2.15. The van der Waals surface area contributed by atoms with Gasteiger partial charge >= 0.3 is 0 Å². The molecule has 1 aromatic heterocycles. The number of carbonyl (C=O) groups excluding carboxylic acids is 1. The molecular weight excluding hydrogens is 286 g/mol. The highest BCUT2D eigenvalue weighted by Gasteiger charge is 2.20. The van der Waals surface area contributed by atoms with E-state index in [1.807, 2.05) is 13.8 Å². The van der Waals surface area contributed by atoms with Crippen LogP contribution in [0.5, 0.6) is 0 Å². The summed E-state index contributed by atoms with van der Waals surface area (Å²) in [5.41, 5.74) is 0.370. The molecule has 6 heteroatoms. The van der Waals surface area contributed by atoms with E-state index < -0.39 is 11.6 Å². The summed E-state index contributed by atoms with van der Waals surface area (Å²) < 4.78 is 27.9. The number of carbonyl (C=O) groups is 1. The van der Waals surface area contributed by atoms with Crippen LogP contribution in [-0.4, -0.2) is 15.6 Å². The summed E-state index contributed by atoms with van der Waals surface area (Å²) in [5.74, 6) is -1.78. The van der Waals surface area contributed by atoms with Crippen molar-refractivity contribution in [1.82, 2.24) is 9.78 Å². The number of hydrogen-bond acceptors (Lipinski definition) is 2. The molecule has 0 bridgehead atoms. The SMILES string of the molecule is CC(C)n1ncc(Cl)c1C(=O)Cc1ccc(F)cc1F. The predicted molar refractivity (Wildman–Crippen MR) is 72.0 cm³/mol. The number of Topliss-reactive ketones (excluding diaryl/α,β-unsaturated/α-hetero) is 1. The molecule has 3 nitrogen and oxygen atoms in total. The highest BCUT2D eigenvalue weighted by atomic mass is 35.5. The summed E-state index contributed by atoms with van der Waals surface area (Å²) in [6.07, 6.45) is 1.19. The molecule has 0 atom stereocenters. The van der Waals surface area contributed by atoms with Gasteiger partial charge in [-0.3, -0.25) is 9.48 Å². The Labute approximate surface area is 120 Å². The second-order valence-electron chi connectivity index (χ2n) is 4.72. The van der Waals surface area contributed by atoms with Crippen LogP contribution in [0.4, 0.5) is 8.78 Å². The first-order valence-corrected chi connectivity index (χ1v) is 6.48. The van der Waals surface area contributed by atoms with Crippen LogP contribution in [0.25, 0.3) is 0 Å². The number of nitrogens with zero attached hydrogens (tertiary/aromatic N) is 2. The first kappa shape index (κ1) is 14.7. The summed E-state index contributed by atoms with van der Waals surface area (Å²) in [4.78, 5) is 12.3. The van der Waals surface area contributed by atoms with Crippen LogP contribution in [0.1, 0.15) is 35.9 Å². The summed E-state index contributed by atoms with van der Waals surface area (Å²) in [7, 11) is 0. The predicted octanol–water partition coefficient (Wildman–Crippen LogP) is 3.82. The zero-order valence-corrected chi connectivity index (χ0v) is 11.8. The van der Waals surface area contributed by atoms with Crippen molar-refractivity contribution >= 4 is 17.4 Å². The van der Waals surface area contributed by atoms with Crippen LogP contribution in [0.15, 0.2) is 24.4 Å². The van der Waals surface area contributed by atoms with Gasteiger partial charge in [-0.1, -0.05) is 17.7 Å². The molecule has 0 spiro atoms. The van der Waals surface area contributed by atoms with Gasteiger partial charge in [0.25, 0.3) is 0 Å². The molecule has 0 aliphatic heterocycles. The van der Waals surface area contributed by atoms with Gasteiger partial charge in [0.15, 0.2) is 5.78 Å². The fraction of sp³-hybridized carbons (Fsp3) is 0.286. The molecule has 1 aromatic carbocycles. The standard InChI is InChI=1S/C14H13ClF2N2O/c1-8(2)19-14(11(15)7-18-19)13(20)5-9-3-4-10(16)6-12(9)17/h3-4,6-8H,5H2,1-2H3. The van der Waals surface area contributed by atoms with Crippen molar-refractivity contribution in [1.29, 1.82) is 0 Å². The second-order valence-corrected chi connectivity index (χ2v) is 5.12. The Kier molecular flexibility index (Phi) is 4.18. The first-order chi connectivity index (χ1) is 9.40. The Balaban J connectivity index is 2.31. The maximum absolute atomic E-state index is 13.6. The van der Waals surface area contributed by atoms with Gasteiger partial charge in [0.05, 0.1) is 11.2 Å². The molecule has 0 N–H and O–H groups in total. The van der Waals surface area contributed by atoms with E-state index in [-0.39, 0.29) is 34.5 Å². The average molecular weight is 299 g/mol. The number of benzene rings is 1. The van der Waals surface area contributed by atoms with Gasteiger partial charge in [0, 0.05) is 18.5 Å². The fourth-order valence-corrected chi connectivity index (χ4v) is 2.15. The van der Waals surface area contributed by atoms with E-state index in [1.54, 1.807) is 0 Å². The van der Waals surface area contributed by atoms with E-state index in [0.717, 1.165) is 12.1 Å². The van der Waals surface area contributed by atoms with Crippen molar-refractivity contribution in [3.8, 4) is 0 Å². The third-order valence-electron chi connectivity index (χ3n) is 2.87. The molecule has 0 unspecified atom stereocenters. The van der Waals surface area contributed by atoms with Crippen molar-refractivity contribution in [2.75, 3.05) is 0 Å². The molecule has 2 aromatic rings. The van der Waals surface area contributed by atoms with Gasteiger partial charge in [0.1, 0.15) is 17.3 Å². The van der Waals surface area contributed by atoms with Gasteiger partial charge in [-0.15, -0.1) is 0 Å². The molecule has 0 aliphatic rings. The molecule has 2 rings (SSSR count). The van der Waals surface area contributed by atoms with Crippen LogP contribution >= 0.6 is 11.6 Å². The van der Waals surface area contributed by atoms with E-state index in [1.165, 1.54) is 16.9 Å². The molecule has 0 amide bonds. The quantitative estimate of drug-likeness (QED) is 0.804. The van der Waals surface area contributed by atoms with Crippen LogP contribution < -0.4 is 0 Å². The van der Waals surface area contributed by atoms with Crippen molar-refractivity contribution in [3.63, 3.8) is 0 Å². The Bertz CT molecular complexity index is 653. The zero-order valence-electron chi connectivity index (χ0n) is 11.0. The van der Waals surface area contributed by atoms with Crippen LogP contribution in [0, 0.1) is 11.6 Å². The van der Waals surface area contributed by atoms with Gasteiger partial charge < -0.3 is 0 Å². The monoisotopic (exact) mass is 298 g/mol. The van der Waals surface area contributed by atoms with Crippen LogP contribution in [0.2, 0.25) is 5.02 Å². The molecule has 0 saturated heterocycles. The van der Waals surface area contributed by atoms with Crippen molar-refractivity contribution in [2.45, 2.75) is 26.3 Å². The normalized spacial score (nSPS) is 11.1. The number of rotatable bonds is 4. The molecule has 0 radical (unpaired) electrons. The smallest absolute Gasteiger partial charge is 0.186 e. The largest absolute Gasteiger partial charge is 0.292 e. The topological polar surface area (TPSA) is 34.9 Å². The molecule has 106 valence electrons. The molecule has 0 saturated carbocycles. The number of hydrogen-bond donors (Lipinski definition) is 0. The van der Waals surface area contributed by atoms with Crippen molar-refractivity contribution in [3.05, 3.63) is 52.3 Å². The highest BCUT2D eigenvalue weighted by Crippen LogP contribution is 2.21. The Morgan fingerprint density at radius 1 is 1.40 bits per heavy atom. The Morgan fingerprint density at radius 3 is 2.70 bits per heavy atom. The highest BCUT2D eigenvalue weighted by molar-refractivity contribution is 6.33. The number of halogens is 3. The molecule has 0 aliphatic carbocycles. The number of aromatic nitrogens is 2. The van der Waals surface area contributed by atoms with Crippen molar-refractivity contribution in [2.24, 2.45) is 0 Å². The maximum Gasteiger partial charge on any atom is 0.186 e. The zero-order chi connectivity index (χ0) is 14.9. The first-order valence-electron chi connectivity index (χ1n) is 6.10. The molecule has 0 fully saturated rings. The van der Waals surface area contributed by atoms with Gasteiger partial charge in [-0.2, -0.15) is 5.10 Å². The summed E-state index contributed by atoms with van der Waals surface area (Å²) >= 11 is 5.96. The van der Waals surface area contributed by atoms with E-state index in [4.69, 9.17) is 11.6 Å². The van der Waals surface area contributed by atoms with E-state index in [0.29, 0.717) is 0 Å². The maximum atomic E-state index is 13.6. The van der Waals surface area contributed by atoms with Gasteiger partial charge in [-0.05, 0) is 25.5 Å². The minimum Gasteiger partial charge on any atom is -0.292 e. The lowest BCUT2D eigenvalue weighted by atomic mass is 10.1. The van der Waals surface area contributed by atoms with E-state index in [9.17, 15) is 13.6 Å². The lowest BCUT2D eigenvalue weighted by molar-refractivity contribution is 0.0979. The Morgan fingerprint density at radius 2 is 2.10 bits per heavy atom. The minimum absolute atomic E-state index is 0.0421. The average Bonchev–Trinajstić information content (AvgIpc) is 2.75. The summed E-state index contributed by atoms with van der Waals surface area (Å²) in [5, 5.41) is 4.25. The van der Waals surface area contributed by atoms with Gasteiger partial charge in [-0.25, -0.2) is 8.78 Å². The summed E-state index contributed by atoms with van der Waals surface area (Å²) in [6, 6.07) is 3.09. The third kappa shape index (κ3) is 2.88. The van der Waals surface area contributed by atoms with E-state index >= 15 is 0 Å². The third-order valence-corrected chi connectivity index (χ3v) is 3.15. The van der Waals surface area contributed by atoms with Gasteiger partial charge in [0.2, 0.25) is 0 Å². The van der Waals surface area contributed by atoms with E-state index in [2.05, 4.69) is 5.10 Å². The lowest BCUT2D eigenvalue weighted by Gasteiger charge is -2.10. The Hall–Kier alpha value is -1.75. The molecular formula is C14H13ClF2N2O. The van der Waals surface area contributed by atoms with Crippen molar-refractivity contribution < 1.29 is 13.6 Å². The minimum atomic E-state index is -0.745. The number of ketones is 1. The fourth-order valence-electron chi connectivity index (χ4n) is 1.92. The van der Waals surface area contributed by atoms with Crippen LogP contribution in [0.3, 0.4) is 0 Å².